The van der Waals surface area contributed by atoms with Crippen molar-refractivity contribution in [2.75, 3.05) is 6.61 Å². The number of amides is 2. The van der Waals surface area contributed by atoms with Crippen molar-refractivity contribution in [3.05, 3.63) is 84.4 Å². The Balaban J connectivity index is 2.11. The lowest BCUT2D eigenvalue weighted by Gasteiger charge is -2.21. The number of carbonyl (C=O) groups is 3. The molecule has 0 saturated carbocycles. The van der Waals surface area contributed by atoms with E-state index in [4.69, 9.17) is 4.74 Å². The summed E-state index contributed by atoms with van der Waals surface area (Å²) in [5.74, 6) is -1.76. The molecule has 0 aliphatic rings. The molecule has 7 nitrogen and oxygen atoms in total. The van der Waals surface area contributed by atoms with Crippen LogP contribution in [0.5, 0.6) is 0 Å². The predicted octanol–water partition coefficient (Wildman–Crippen LogP) is 2.32. The van der Waals surface area contributed by atoms with Crippen LogP contribution in [0.4, 0.5) is 4.79 Å². The van der Waals surface area contributed by atoms with Gasteiger partial charge in [-0.25, -0.2) is 9.59 Å². The number of carboxylic acid groups (broad SMARTS) is 1. The predicted molar refractivity (Wildman–Crippen MR) is 108 cm³/mol. The third kappa shape index (κ3) is 7.50. The zero-order valence-corrected chi connectivity index (χ0v) is 15.9. The largest absolute Gasteiger partial charge is 0.480 e. The van der Waals surface area contributed by atoms with Crippen LogP contribution in [0.25, 0.3) is 0 Å². The van der Waals surface area contributed by atoms with Crippen LogP contribution >= 0.6 is 0 Å². The molecule has 0 spiro atoms. The van der Waals surface area contributed by atoms with Gasteiger partial charge in [0, 0.05) is 12.8 Å². The van der Waals surface area contributed by atoms with E-state index in [2.05, 4.69) is 17.2 Å². The molecular weight excluding hydrogens is 372 g/mol. The van der Waals surface area contributed by atoms with Crippen LogP contribution in [-0.2, 0) is 27.2 Å². The molecule has 0 heterocycles. The lowest BCUT2D eigenvalue weighted by molar-refractivity contribution is -0.142. The maximum absolute atomic E-state index is 12.8. The second kappa shape index (κ2) is 11.3. The first kappa shape index (κ1) is 21.7. The number of carbonyl (C=O) groups excluding carboxylic acids is 2. The van der Waals surface area contributed by atoms with Crippen LogP contribution in [0.3, 0.4) is 0 Å². The Morgan fingerprint density at radius 3 is 1.90 bits per heavy atom. The first-order valence-electron chi connectivity index (χ1n) is 9.14. The van der Waals surface area contributed by atoms with Crippen molar-refractivity contribution in [2.45, 2.75) is 24.9 Å². The SMILES string of the molecule is C=CCOC(=O)NC(Cc1ccccc1)C(=O)NC(Cc1ccccc1)C(=O)O. The molecule has 0 aliphatic carbocycles. The number of nitrogens with one attached hydrogen (secondary N) is 2. The van der Waals surface area contributed by atoms with Crippen molar-refractivity contribution >= 4 is 18.0 Å². The molecular formula is C22H24N2O5. The van der Waals surface area contributed by atoms with E-state index in [-0.39, 0.29) is 19.4 Å². The van der Waals surface area contributed by atoms with Gasteiger partial charge in [-0.2, -0.15) is 0 Å². The molecule has 2 aromatic rings. The molecule has 3 N–H and O–H groups in total. The summed E-state index contributed by atoms with van der Waals surface area (Å²) >= 11 is 0. The quantitative estimate of drug-likeness (QED) is 0.535. The Morgan fingerprint density at radius 2 is 1.41 bits per heavy atom. The molecule has 0 aliphatic heterocycles. The van der Waals surface area contributed by atoms with Gasteiger partial charge in [-0.1, -0.05) is 73.3 Å². The summed E-state index contributed by atoms with van der Waals surface area (Å²) in [5.41, 5.74) is 1.59. The van der Waals surface area contributed by atoms with Crippen LogP contribution in [0, 0.1) is 0 Å². The van der Waals surface area contributed by atoms with Gasteiger partial charge in [0.15, 0.2) is 0 Å². The van der Waals surface area contributed by atoms with Gasteiger partial charge in [0.1, 0.15) is 18.7 Å². The zero-order chi connectivity index (χ0) is 21.1. The normalized spacial score (nSPS) is 12.3. The molecule has 2 unspecified atom stereocenters. The van der Waals surface area contributed by atoms with Crippen LogP contribution in [0.1, 0.15) is 11.1 Å². The van der Waals surface area contributed by atoms with Crippen molar-refractivity contribution in [1.29, 1.82) is 0 Å². The fourth-order valence-corrected chi connectivity index (χ4v) is 2.70. The number of ether oxygens (including phenoxy) is 1. The summed E-state index contributed by atoms with van der Waals surface area (Å²) in [6, 6.07) is 16.0. The molecule has 0 fully saturated rings. The summed E-state index contributed by atoms with van der Waals surface area (Å²) in [6.07, 6.45) is 0.941. The van der Waals surface area contributed by atoms with Gasteiger partial charge >= 0.3 is 12.1 Å². The van der Waals surface area contributed by atoms with E-state index in [0.717, 1.165) is 11.1 Å². The number of carboxylic acids is 1. The Kier molecular flexibility index (Phi) is 8.44. The summed E-state index contributed by atoms with van der Waals surface area (Å²) in [5, 5.41) is 14.5. The number of alkyl carbamates (subject to hydrolysis) is 1. The Bertz CT molecular complexity index is 824. The first-order chi connectivity index (χ1) is 14.0. The zero-order valence-electron chi connectivity index (χ0n) is 15.9. The molecule has 7 heteroatoms. The molecule has 0 aromatic heterocycles. The Hall–Kier alpha value is -3.61. The molecule has 29 heavy (non-hydrogen) atoms. The topological polar surface area (TPSA) is 105 Å². The van der Waals surface area contributed by atoms with E-state index in [0.29, 0.717) is 0 Å². The maximum atomic E-state index is 12.8. The van der Waals surface area contributed by atoms with Crippen molar-refractivity contribution in [2.24, 2.45) is 0 Å². The third-order valence-electron chi connectivity index (χ3n) is 4.12. The van der Waals surface area contributed by atoms with Gasteiger partial charge in [-0.3, -0.25) is 4.79 Å². The van der Waals surface area contributed by atoms with Gasteiger partial charge in [0.05, 0.1) is 0 Å². The van der Waals surface area contributed by atoms with E-state index in [9.17, 15) is 19.5 Å². The summed E-state index contributed by atoms with van der Waals surface area (Å²) in [7, 11) is 0. The molecule has 0 saturated heterocycles. The van der Waals surface area contributed by atoms with Gasteiger partial charge in [0.2, 0.25) is 5.91 Å². The molecule has 0 bridgehead atoms. The maximum Gasteiger partial charge on any atom is 0.408 e. The number of rotatable bonds is 10. The second-order valence-electron chi connectivity index (χ2n) is 6.36. The van der Waals surface area contributed by atoms with E-state index >= 15 is 0 Å². The minimum Gasteiger partial charge on any atom is -0.480 e. The highest BCUT2D eigenvalue weighted by Gasteiger charge is 2.27. The van der Waals surface area contributed by atoms with E-state index in [1.165, 1.54) is 6.08 Å². The highest BCUT2D eigenvalue weighted by molar-refractivity contribution is 5.89. The first-order valence-corrected chi connectivity index (χ1v) is 9.14. The number of hydrogen-bond acceptors (Lipinski definition) is 4. The molecule has 2 rings (SSSR count). The lowest BCUT2D eigenvalue weighted by Crippen LogP contribution is -2.53. The standard InChI is InChI=1S/C22H24N2O5/c1-2-13-29-22(28)24-18(14-16-9-5-3-6-10-16)20(25)23-19(21(26)27)15-17-11-7-4-8-12-17/h2-12,18-19H,1,13-15H2,(H,23,25)(H,24,28)(H,26,27). The van der Waals surface area contributed by atoms with Crippen LogP contribution < -0.4 is 10.6 Å². The fourth-order valence-electron chi connectivity index (χ4n) is 2.70. The smallest absolute Gasteiger partial charge is 0.408 e. The van der Waals surface area contributed by atoms with Crippen molar-refractivity contribution < 1.29 is 24.2 Å². The summed E-state index contributed by atoms with van der Waals surface area (Å²) in [4.78, 5) is 36.4. The van der Waals surface area contributed by atoms with E-state index in [1.54, 1.807) is 24.3 Å². The van der Waals surface area contributed by atoms with Crippen molar-refractivity contribution in [3.8, 4) is 0 Å². The van der Waals surface area contributed by atoms with Gasteiger partial charge in [-0.05, 0) is 11.1 Å². The van der Waals surface area contributed by atoms with E-state index < -0.39 is 30.1 Å². The molecule has 0 radical (unpaired) electrons. The third-order valence-corrected chi connectivity index (χ3v) is 4.12. The molecule has 2 amide bonds. The van der Waals surface area contributed by atoms with Crippen LogP contribution in [0.15, 0.2) is 73.3 Å². The monoisotopic (exact) mass is 396 g/mol. The highest BCUT2D eigenvalue weighted by Crippen LogP contribution is 2.07. The minimum atomic E-state index is -1.16. The van der Waals surface area contributed by atoms with Gasteiger partial charge in [-0.15, -0.1) is 0 Å². The van der Waals surface area contributed by atoms with Crippen molar-refractivity contribution in [3.63, 3.8) is 0 Å². The van der Waals surface area contributed by atoms with E-state index in [1.807, 2.05) is 36.4 Å². The van der Waals surface area contributed by atoms with Gasteiger partial charge < -0.3 is 20.5 Å². The average Bonchev–Trinajstić information content (AvgIpc) is 2.72. The van der Waals surface area contributed by atoms with Crippen LogP contribution in [0.2, 0.25) is 0 Å². The summed E-state index contributed by atoms with van der Waals surface area (Å²) in [6.45, 7) is 3.46. The molecule has 2 aromatic carbocycles. The number of aliphatic carboxylic acids is 1. The summed E-state index contributed by atoms with van der Waals surface area (Å²) < 4.78 is 4.89. The van der Waals surface area contributed by atoms with Crippen molar-refractivity contribution in [1.82, 2.24) is 10.6 Å². The number of benzene rings is 2. The Labute approximate surface area is 169 Å². The molecule has 152 valence electrons. The average molecular weight is 396 g/mol. The lowest BCUT2D eigenvalue weighted by atomic mass is 10.0. The number of hydrogen-bond donors (Lipinski definition) is 3. The van der Waals surface area contributed by atoms with Crippen LogP contribution in [-0.4, -0.2) is 41.8 Å². The molecule has 2 atom stereocenters. The minimum absolute atomic E-state index is 0.00271. The second-order valence-corrected chi connectivity index (χ2v) is 6.36. The highest BCUT2D eigenvalue weighted by atomic mass is 16.5. The Morgan fingerprint density at radius 1 is 0.897 bits per heavy atom. The fraction of sp³-hybridized carbons (Fsp3) is 0.227. The van der Waals surface area contributed by atoms with Gasteiger partial charge in [0.25, 0.3) is 0 Å².